The number of nitrogens with one attached hydrogen (secondary N) is 1. The third-order valence-electron chi connectivity index (χ3n) is 1.71. The van der Waals surface area contributed by atoms with Gasteiger partial charge in [-0.05, 0) is 0 Å². The van der Waals surface area contributed by atoms with Crippen molar-refractivity contribution in [1.82, 2.24) is 10.2 Å². The van der Waals surface area contributed by atoms with Crippen LogP contribution in [0.25, 0.3) is 0 Å². The van der Waals surface area contributed by atoms with Crippen LogP contribution in [0.4, 0.5) is 9.59 Å². The summed E-state index contributed by atoms with van der Waals surface area (Å²) in [4.78, 5) is 23.2. The fraction of sp³-hybridized carbons (Fsp3) is 0.714. The predicted octanol–water partition coefficient (Wildman–Crippen LogP) is -0.205. The van der Waals surface area contributed by atoms with Gasteiger partial charge in [0.15, 0.2) is 0 Å². The van der Waals surface area contributed by atoms with Crippen molar-refractivity contribution >= 4 is 12.2 Å². The summed E-state index contributed by atoms with van der Waals surface area (Å²) in [5.41, 5.74) is 0. The van der Waals surface area contributed by atoms with E-state index in [2.05, 4.69) is 14.8 Å². The first-order valence-electron chi connectivity index (χ1n) is 3.99. The smallest absolute Gasteiger partial charge is 0.437 e. The number of hydrogen-bond donors (Lipinski definition) is 1. The van der Waals surface area contributed by atoms with Gasteiger partial charge in [-0.2, -0.15) is 0 Å². The van der Waals surface area contributed by atoms with Gasteiger partial charge in [-0.3, -0.25) is 0 Å². The third-order valence-corrected chi connectivity index (χ3v) is 1.71. The van der Waals surface area contributed by atoms with E-state index in [4.69, 9.17) is 0 Å². The highest BCUT2D eigenvalue weighted by molar-refractivity contribution is 5.80. The van der Waals surface area contributed by atoms with Gasteiger partial charge in [-0.15, -0.1) is 0 Å². The van der Waals surface area contributed by atoms with Crippen LogP contribution in [0, 0.1) is 0 Å². The van der Waals surface area contributed by atoms with Gasteiger partial charge >= 0.3 is 12.2 Å². The highest BCUT2D eigenvalue weighted by Crippen LogP contribution is 1.97. The number of rotatable bonds is 0. The average Bonchev–Trinajstić information content (AvgIpc) is 2.19. The van der Waals surface area contributed by atoms with E-state index in [1.807, 2.05) is 0 Å². The van der Waals surface area contributed by atoms with Crippen molar-refractivity contribution in [2.45, 2.75) is 0 Å². The van der Waals surface area contributed by atoms with Crippen molar-refractivity contribution in [2.75, 3.05) is 33.3 Å². The summed E-state index contributed by atoms with van der Waals surface area (Å²) in [5.74, 6) is 0. The minimum atomic E-state index is -0.969. The number of carbonyl (C=O) groups is 2. The molecule has 0 aromatic carbocycles. The highest BCUT2D eigenvalue weighted by Gasteiger charge is 2.20. The zero-order valence-electron chi connectivity index (χ0n) is 7.41. The molecule has 1 fully saturated rings. The van der Waals surface area contributed by atoms with E-state index in [1.165, 1.54) is 4.90 Å². The Labute approximate surface area is 75.8 Å². The average molecular weight is 188 g/mol. The first-order chi connectivity index (χ1) is 6.24. The molecule has 0 aromatic rings. The molecule has 0 atom stereocenters. The molecule has 6 heteroatoms. The summed E-state index contributed by atoms with van der Waals surface area (Å²) >= 11 is 0. The summed E-state index contributed by atoms with van der Waals surface area (Å²) in [6, 6.07) is 0. The van der Waals surface area contributed by atoms with Gasteiger partial charge in [0.05, 0.1) is 7.11 Å². The molecule has 0 saturated carbocycles. The lowest BCUT2D eigenvalue weighted by molar-refractivity contribution is 0.0716. The molecule has 0 spiro atoms. The number of amides is 1. The van der Waals surface area contributed by atoms with Crippen LogP contribution in [0.5, 0.6) is 0 Å². The second kappa shape index (κ2) is 4.66. The van der Waals surface area contributed by atoms with Crippen LogP contribution in [0.2, 0.25) is 0 Å². The second-order valence-electron chi connectivity index (χ2n) is 2.56. The van der Waals surface area contributed by atoms with Crippen molar-refractivity contribution in [1.29, 1.82) is 0 Å². The first-order valence-corrected chi connectivity index (χ1v) is 3.99. The summed E-state index contributed by atoms with van der Waals surface area (Å²) in [6.45, 7) is 2.54. The number of methoxy groups -OCH3 is 1. The van der Waals surface area contributed by atoms with Crippen LogP contribution < -0.4 is 5.32 Å². The SMILES string of the molecule is COC(=O)OC(=O)N1CCNCC1. The minimum Gasteiger partial charge on any atom is -0.437 e. The minimum absolute atomic E-state index is 0.551. The number of carbonyl (C=O) groups excluding carboxylic acids is 2. The number of nitrogens with zero attached hydrogens (tertiary/aromatic N) is 1. The summed E-state index contributed by atoms with van der Waals surface area (Å²) < 4.78 is 8.52. The van der Waals surface area contributed by atoms with Gasteiger partial charge in [-0.25, -0.2) is 9.59 Å². The molecule has 1 N–H and O–H groups in total. The maximum absolute atomic E-state index is 11.1. The van der Waals surface area contributed by atoms with Gasteiger partial charge in [0.25, 0.3) is 0 Å². The number of hydrogen-bond acceptors (Lipinski definition) is 5. The van der Waals surface area contributed by atoms with E-state index in [9.17, 15) is 9.59 Å². The topological polar surface area (TPSA) is 67.9 Å². The van der Waals surface area contributed by atoms with E-state index in [1.54, 1.807) is 0 Å². The van der Waals surface area contributed by atoms with Crippen molar-refractivity contribution in [3.63, 3.8) is 0 Å². The fourth-order valence-corrected chi connectivity index (χ4v) is 1.02. The Hall–Kier alpha value is -1.30. The van der Waals surface area contributed by atoms with E-state index >= 15 is 0 Å². The van der Waals surface area contributed by atoms with Gasteiger partial charge in [-0.1, -0.05) is 0 Å². The van der Waals surface area contributed by atoms with E-state index < -0.39 is 12.2 Å². The molecule has 0 unspecified atom stereocenters. The Morgan fingerprint density at radius 2 is 1.92 bits per heavy atom. The Bertz CT molecular complexity index is 201. The third kappa shape index (κ3) is 2.90. The maximum Gasteiger partial charge on any atom is 0.517 e. The molecule has 6 nitrogen and oxygen atoms in total. The fourth-order valence-electron chi connectivity index (χ4n) is 1.02. The molecule has 0 aromatic heterocycles. The van der Waals surface area contributed by atoms with Gasteiger partial charge in [0, 0.05) is 26.2 Å². The Morgan fingerprint density at radius 1 is 1.31 bits per heavy atom. The van der Waals surface area contributed by atoms with Crippen LogP contribution in [-0.4, -0.2) is 50.4 Å². The summed E-state index contributed by atoms with van der Waals surface area (Å²) in [5, 5.41) is 3.07. The molecule has 1 aliphatic rings. The highest BCUT2D eigenvalue weighted by atomic mass is 16.7. The van der Waals surface area contributed by atoms with E-state index in [-0.39, 0.29) is 0 Å². The molecule has 1 heterocycles. The lowest BCUT2D eigenvalue weighted by Gasteiger charge is -2.25. The summed E-state index contributed by atoms with van der Waals surface area (Å²) in [6.07, 6.45) is -1.61. The van der Waals surface area contributed by atoms with Crippen LogP contribution in [0.15, 0.2) is 0 Å². The van der Waals surface area contributed by atoms with Crippen molar-refractivity contribution < 1.29 is 19.1 Å². The van der Waals surface area contributed by atoms with Crippen LogP contribution >= 0.6 is 0 Å². The molecule has 74 valence electrons. The lowest BCUT2D eigenvalue weighted by Crippen LogP contribution is -2.47. The van der Waals surface area contributed by atoms with Crippen molar-refractivity contribution in [2.24, 2.45) is 0 Å². The van der Waals surface area contributed by atoms with E-state index in [0.29, 0.717) is 13.1 Å². The zero-order valence-corrected chi connectivity index (χ0v) is 7.41. The standard InChI is InChI=1S/C7H12N2O4/c1-12-7(11)13-6(10)9-4-2-8-3-5-9/h8H,2-5H2,1H3. The predicted molar refractivity (Wildman–Crippen MR) is 43.3 cm³/mol. The van der Waals surface area contributed by atoms with Crippen molar-refractivity contribution in [3.05, 3.63) is 0 Å². The zero-order chi connectivity index (χ0) is 9.68. The van der Waals surface area contributed by atoms with Gasteiger partial charge in [0.2, 0.25) is 0 Å². The largest absolute Gasteiger partial charge is 0.517 e. The molecular formula is C7H12N2O4. The molecule has 1 aliphatic heterocycles. The Morgan fingerprint density at radius 3 is 2.46 bits per heavy atom. The van der Waals surface area contributed by atoms with Crippen LogP contribution in [0.1, 0.15) is 0 Å². The molecular weight excluding hydrogens is 176 g/mol. The van der Waals surface area contributed by atoms with Gasteiger partial charge < -0.3 is 19.7 Å². The first kappa shape index (κ1) is 9.79. The maximum atomic E-state index is 11.1. The quantitative estimate of drug-likeness (QED) is 0.421. The van der Waals surface area contributed by atoms with Crippen molar-refractivity contribution in [3.8, 4) is 0 Å². The number of ether oxygens (including phenoxy) is 2. The second-order valence-corrected chi connectivity index (χ2v) is 2.56. The summed E-state index contributed by atoms with van der Waals surface area (Å²) in [7, 11) is 1.16. The van der Waals surface area contributed by atoms with Crippen LogP contribution in [0.3, 0.4) is 0 Å². The molecule has 1 saturated heterocycles. The molecule has 1 amide bonds. The Kier molecular flexibility index (Phi) is 3.51. The van der Waals surface area contributed by atoms with Gasteiger partial charge in [0.1, 0.15) is 0 Å². The lowest BCUT2D eigenvalue weighted by atomic mass is 10.4. The Balaban J connectivity index is 2.33. The van der Waals surface area contributed by atoms with Crippen LogP contribution in [-0.2, 0) is 9.47 Å². The molecule has 1 rings (SSSR count). The van der Waals surface area contributed by atoms with E-state index in [0.717, 1.165) is 20.2 Å². The monoisotopic (exact) mass is 188 g/mol. The molecule has 13 heavy (non-hydrogen) atoms. The molecule has 0 aliphatic carbocycles. The molecule has 0 radical (unpaired) electrons. The molecule has 0 bridgehead atoms. The number of piperazine rings is 1. The normalized spacial score (nSPS) is 16.5.